The summed E-state index contributed by atoms with van der Waals surface area (Å²) < 4.78 is 24.5. The number of thioether (sulfide) groups is 1. The van der Waals surface area contributed by atoms with E-state index in [2.05, 4.69) is 10.2 Å². The van der Waals surface area contributed by atoms with Crippen molar-refractivity contribution >= 4 is 23.1 Å². The molecule has 0 saturated heterocycles. The molecule has 16 heavy (non-hydrogen) atoms. The summed E-state index contributed by atoms with van der Waals surface area (Å²) in [5.74, 6) is -2.45. The quantitative estimate of drug-likeness (QED) is 0.782. The highest BCUT2D eigenvalue weighted by Gasteiger charge is 2.12. The van der Waals surface area contributed by atoms with Crippen LogP contribution in [-0.2, 0) is 0 Å². The molecular formula is C10H8F2N2S2. The van der Waals surface area contributed by atoms with Crippen molar-refractivity contribution in [3.05, 3.63) is 29.8 Å². The van der Waals surface area contributed by atoms with Crippen LogP contribution in [0.3, 0.4) is 0 Å². The van der Waals surface area contributed by atoms with Gasteiger partial charge in [-0.25, -0.2) is 0 Å². The first-order valence-corrected chi connectivity index (χ1v) is 6.21. The Labute approximate surface area is 99.7 Å². The zero-order valence-electron chi connectivity index (χ0n) is 8.35. The minimum Gasteiger partial charge on any atom is -0.197 e. The minimum absolute atomic E-state index is 0.299. The molecule has 0 unspecified atom stereocenters. The smallest absolute Gasteiger partial charge is 0.197 e. The van der Waals surface area contributed by atoms with Crippen molar-refractivity contribution in [2.75, 3.05) is 0 Å². The molecule has 1 aromatic carbocycles. The van der Waals surface area contributed by atoms with Gasteiger partial charge in [0.2, 0.25) is 0 Å². The second-order valence-electron chi connectivity index (χ2n) is 3.07. The molecule has 0 spiro atoms. The highest BCUT2D eigenvalue weighted by atomic mass is 32.2. The van der Waals surface area contributed by atoms with Crippen LogP contribution in [0.1, 0.15) is 5.56 Å². The lowest BCUT2D eigenvalue weighted by Crippen LogP contribution is -1.81. The fourth-order valence-electron chi connectivity index (χ4n) is 1.26. The van der Waals surface area contributed by atoms with Crippen LogP contribution < -0.4 is 0 Å². The first-order chi connectivity index (χ1) is 7.66. The minimum atomic E-state index is -2.45. The van der Waals surface area contributed by atoms with E-state index in [1.807, 2.05) is 31.2 Å². The van der Waals surface area contributed by atoms with E-state index in [-0.39, 0.29) is 0 Å². The molecular weight excluding hydrogens is 250 g/mol. The summed E-state index contributed by atoms with van der Waals surface area (Å²) in [7, 11) is 0. The molecule has 0 bridgehead atoms. The maximum absolute atomic E-state index is 12.1. The molecule has 2 nitrogen and oxygen atoms in total. The molecule has 0 fully saturated rings. The second-order valence-corrected chi connectivity index (χ2v) is 5.28. The van der Waals surface area contributed by atoms with E-state index in [1.165, 1.54) is 11.3 Å². The molecule has 0 aliphatic heterocycles. The zero-order chi connectivity index (χ0) is 11.5. The fourth-order valence-corrected chi connectivity index (χ4v) is 2.81. The van der Waals surface area contributed by atoms with Gasteiger partial charge < -0.3 is 0 Å². The highest BCUT2D eigenvalue weighted by Crippen LogP contribution is 2.33. The van der Waals surface area contributed by atoms with Gasteiger partial charge in [0.1, 0.15) is 5.01 Å². The van der Waals surface area contributed by atoms with Crippen LogP contribution in [0, 0.1) is 6.92 Å². The number of alkyl halides is 2. The average Bonchev–Trinajstić information content (AvgIpc) is 2.66. The molecule has 84 valence electrons. The monoisotopic (exact) mass is 258 g/mol. The van der Waals surface area contributed by atoms with Crippen LogP contribution in [0.5, 0.6) is 0 Å². The maximum atomic E-state index is 12.1. The Morgan fingerprint density at radius 2 is 2.00 bits per heavy atom. The van der Waals surface area contributed by atoms with Gasteiger partial charge in [-0.2, -0.15) is 8.78 Å². The Morgan fingerprint density at radius 3 is 2.69 bits per heavy atom. The van der Waals surface area contributed by atoms with Gasteiger partial charge in [-0.3, -0.25) is 0 Å². The molecule has 1 heterocycles. The first kappa shape index (κ1) is 11.5. The maximum Gasteiger partial charge on any atom is 0.291 e. The topological polar surface area (TPSA) is 25.8 Å². The van der Waals surface area contributed by atoms with Gasteiger partial charge in [0, 0.05) is 5.56 Å². The summed E-state index contributed by atoms with van der Waals surface area (Å²) in [6.07, 6.45) is 0. The molecule has 2 aromatic rings. The Bertz CT molecular complexity index is 485. The summed E-state index contributed by atoms with van der Waals surface area (Å²) in [5.41, 5.74) is 2.01. The number of nitrogens with zero attached hydrogens (tertiary/aromatic N) is 2. The van der Waals surface area contributed by atoms with Crippen LogP contribution in [0.15, 0.2) is 28.6 Å². The summed E-state index contributed by atoms with van der Waals surface area (Å²) >= 11 is 1.62. The Balaban J connectivity index is 2.28. The summed E-state index contributed by atoms with van der Waals surface area (Å²) in [5, 5.41) is 8.32. The summed E-state index contributed by atoms with van der Waals surface area (Å²) in [6, 6.07) is 7.68. The van der Waals surface area contributed by atoms with Gasteiger partial charge in [0.05, 0.1) is 0 Å². The number of aryl methyl sites for hydroxylation is 1. The Kier molecular flexibility index (Phi) is 3.50. The molecule has 0 radical (unpaired) electrons. The fraction of sp³-hybridized carbons (Fsp3) is 0.200. The molecule has 0 N–H and O–H groups in total. The lowest BCUT2D eigenvalue weighted by atomic mass is 10.1. The highest BCUT2D eigenvalue weighted by molar-refractivity contribution is 8.01. The van der Waals surface area contributed by atoms with Crippen molar-refractivity contribution < 1.29 is 8.78 Å². The summed E-state index contributed by atoms with van der Waals surface area (Å²) in [4.78, 5) is 0. The molecule has 6 heteroatoms. The molecule has 0 aliphatic rings. The first-order valence-electron chi connectivity index (χ1n) is 4.51. The van der Waals surface area contributed by atoms with Crippen molar-refractivity contribution in [3.63, 3.8) is 0 Å². The van der Waals surface area contributed by atoms with Crippen LogP contribution in [0.2, 0.25) is 0 Å². The van der Waals surface area contributed by atoms with E-state index in [1.54, 1.807) is 0 Å². The van der Waals surface area contributed by atoms with Crippen LogP contribution in [0.25, 0.3) is 10.6 Å². The van der Waals surface area contributed by atoms with E-state index >= 15 is 0 Å². The van der Waals surface area contributed by atoms with Gasteiger partial charge in [-0.05, 0) is 24.2 Å². The number of benzene rings is 1. The number of rotatable bonds is 3. The zero-order valence-corrected chi connectivity index (χ0v) is 9.99. The Hall–Kier alpha value is -1.01. The lowest BCUT2D eigenvalue weighted by Gasteiger charge is -1.98. The van der Waals surface area contributed by atoms with Crippen LogP contribution >= 0.6 is 23.1 Å². The van der Waals surface area contributed by atoms with Crippen molar-refractivity contribution in [1.29, 1.82) is 0 Å². The van der Waals surface area contributed by atoms with Crippen molar-refractivity contribution in [1.82, 2.24) is 10.2 Å². The van der Waals surface area contributed by atoms with Crippen molar-refractivity contribution in [2.24, 2.45) is 0 Å². The van der Waals surface area contributed by atoms with Gasteiger partial charge in [-0.15, -0.1) is 10.2 Å². The number of halogens is 2. The second kappa shape index (κ2) is 4.88. The number of aromatic nitrogens is 2. The molecule has 2 rings (SSSR count). The molecule has 0 amide bonds. The average molecular weight is 258 g/mol. The molecule has 0 saturated carbocycles. The normalized spacial score (nSPS) is 11.0. The number of hydrogen-bond acceptors (Lipinski definition) is 4. The van der Waals surface area contributed by atoms with Crippen LogP contribution in [0.4, 0.5) is 8.78 Å². The van der Waals surface area contributed by atoms with Gasteiger partial charge in [-0.1, -0.05) is 35.6 Å². The third kappa shape index (κ3) is 2.56. The largest absolute Gasteiger partial charge is 0.291 e. The predicted molar refractivity (Wildman–Crippen MR) is 61.9 cm³/mol. The summed E-state index contributed by atoms with van der Waals surface area (Å²) in [6.45, 7) is 1.96. The third-order valence-corrected chi connectivity index (χ3v) is 3.72. The predicted octanol–water partition coefficient (Wildman–Crippen LogP) is 3.83. The van der Waals surface area contributed by atoms with Crippen molar-refractivity contribution in [2.45, 2.75) is 17.0 Å². The molecule has 0 aliphatic carbocycles. The lowest BCUT2D eigenvalue weighted by molar-refractivity contribution is 0.252. The van der Waals surface area contributed by atoms with Gasteiger partial charge >= 0.3 is 0 Å². The standard InChI is InChI=1S/C10H8F2N2S2/c1-6-4-2-3-5-7(6)8-13-14-10(15-8)16-9(11)12/h2-5,9H,1H3. The van der Waals surface area contributed by atoms with Crippen molar-refractivity contribution in [3.8, 4) is 10.6 Å². The molecule has 1 aromatic heterocycles. The van der Waals surface area contributed by atoms with Gasteiger partial charge in [0.25, 0.3) is 5.76 Å². The third-order valence-electron chi connectivity index (χ3n) is 1.97. The molecule has 0 atom stereocenters. The van der Waals surface area contributed by atoms with E-state index in [4.69, 9.17) is 0 Å². The van der Waals surface area contributed by atoms with E-state index in [0.29, 0.717) is 21.1 Å². The van der Waals surface area contributed by atoms with E-state index in [0.717, 1.165) is 11.1 Å². The Morgan fingerprint density at radius 1 is 1.25 bits per heavy atom. The SMILES string of the molecule is Cc1ccccc1-c1nnc(SC(F)F)s1. The van der Waals surface area contributed by atoms with E-state index in [9.17, 15) is 8.78 Å². The van der Waals surface area contributed by atoms with Gasteiger partial charge in [0.15, 0.2) is 4.34 Å². The van der Waals surface area contributed by atoms with Crippen LogP contribution in [-0.4, -0.2) is 16.0 Å². The number of hydrogen-bond donors (Lipinski definition) is 0. The van der Waals surface area contributed by atoms with E-state index < -0.39 is 5.76 Å².